The Labute approximate surface area is 231 Å². The third-order valence-electron chi connectivity index (χ3n) is 8.15. The first-order valence-electron chi connectivity index (χ1n) is 13.9. The van der Waals surface area contributed by atoms with E-state index in [2.05, 4.69) is 13.8 Å². The summed E-state index contributed by atoms with van der Waals surface area (Å²) in [6.07, 6.45) is 3.19. The highest BCUT2D eigenvalue weighted by Gasteiger charge is 2.37. The van der Waals surface area contributed by atoms with Crippen LogP contribution < -0.4 is 9.47 Å². The van der Waals surface area contributed by atoms with E-state index in [0.717, 1.165) is 68.1 Å². The molecule has 2 aliphatic rings. The number of hydrogen-bond acceptors (Lipinski definition) is 6. The number of benzene rings is 3. The molecule has 3 aromatic rings. The van der Waals surface area contributed by atoms with Crippen LogP contribution in [0, 0.1) is 10.8 Å². The van der Waals surface area contributed by atoms with Crippen LogP contribution in [0.3, 0.4) is 0 Å². The van der Waals surface area contributed by atoms with Gasteiger partial charge in [-0.1, -0.05) is 50.2 Å². The zero-order valence-electron chi connectivity index (χ0n) is 22.9. The SMILES string of the molecule is CCC1(CCOc2ccc(-c3ccc(C(=O)Oc4ccc(COCC5(CC)COC5)cc4)cc3)cc2)COC1. The number of esters is 1. The summed E-state index contributed by atoms with van der Waals surface area (Å²) in [5, 5.41) is 0. The van der Waals surface area contributed by atoms with Gasteiger partial charge in [-0.25, -0.2) is 4.79 Å². The van der Waals surface area contributed by atoms with Gasteiger partial charge in [-0.3, -0.25) is 0 Å². The number of rotatable bonds is 13. The Bertz CT molecular complexity index is 1200. The van der Waals surface area contributed by atoms with Crippen LogP contribution in [-0.4, -0.2) is 45.6 Å². The van der Waals surface area contributed by atoms with Gasteiger partial charge in [0.15, 0.2) is 0 Å². The van der Waals surface area contributed by atoms with E-state index in [4.69, 9.17) is 23.7 Å². The summed E-state index contributed by atoms with van der Waals surface area (Å²) in [7, 11) is 0. The van der Waals surface area contributed by atoms with Crippen molar-refractivity contribution in [2.45, 2.75) is 39.7 Å². The van der Waals surface area contributed by atoms with Crippen molar-refractivity contribution in [1.29, 1.82) is 0 Å². The molecule has 3 aromatic carbocycles. The van der Waals surface area contributed by atoms with E-state index >= 15 is 0 Å². The van der Waals surface area contributed by atoms with E-state index < -0.39 is 0 Å². The molecule has 0 amide bonds. The third-order valence-corrected chi connectivity index (χ3v) is 8.15. The molecule has 0 aromatic heterocycles. The van der Waals surface area contributed by atoms with Crippen LogP contribution in [0.5, 0.6) is 11.5 Å². The average molecular weight is 531 g/mol. The highest BCUT2D eigenvalue weighted by Crippen LogP contribution is 2.35. The number of carbonyl (C=O) groups is 1. The summed E-state index contributed by atoms with van der Waals surface area (Å²) in [4.78, 5) is 12.7. The minimum atomic E-state index is -0.383. The maximum atomic E-state index is 12.7. The Morgan fingerprint density at radius 3 is 1.85 bits per heavy atom. The Morgan fingerprint density at radius 2 is 1.31 bits per heavy atom. The van der Waals surface area contributed by atoms with Gasteiger partial charge in [0.2, 0.25) is 0 Å². The second kappa shape index (κ2) is 12.3. The standard InChI is InChI=1S/C33H38O6/c1-3-32(20-36-21-32)17-18-38-29-15-11-27(12-16-29)26-7-9-28(10-8-26)31(34)39-30-13-5-25(6-14-30)19-35-22-33(4-2)23-37-24-33/h5-16H,3-4,17-24H2,1-2H3. The van der Waals surface area contributed by atoms with Crippen molar-refractivity contribution in [3.8, 4) is 22.6 Å². The average Bonchev–Trinajstić information content (AvgIpc) is 2.93. The molecule has 0 spiro atoms. The highest BCUT2D eigenvalue weighted by atomic mass is 16.5. The Morgan fingerprint density at radius 1 is 0.744 bits per heavy atom. The van der Waals surface area contributed by atoms with E-state index in [1.807, 2.05) is 48.5 Å². The van der Waals surface area contributed by atoms with E-state index in [-0.39, 0.29) is 11.4 Å². The van der Waals surface area contributed by atoms with Crippen molar-refractivity contribution in [2.75, 3.05) is 39.6 Å². The molecule has 206 valence electrons. The quantitative estimate of drug-likeness (QED) is 0.181. The van der Waals surface area contributed by atoms with Crippen LogP contribution in [0.4, 0.5) is 0 Å². The lowest BCUT2D eigenvalue weighted by Gasteiger charge is -2.40. The van der Waals surface area contributed by atoms with Gasteiger partial charge in [-0.15, -0.1) is 0 Å². The van der Waals surface area contributed by atoms with E-state index in [1.165, 1.54) is 0 Å². The van der Waals surface area contributed by atoms with Gasteiger partial charge < -0.3 is 23.7 Å². The zero-order chi connectivity index (χ0) is 27.1. The van der Waals surface area contributed by atoms with Gasteiger partial charge in [0.25, 0.3) is 0 Å². The molecular weight excluding hydrogens is 492 g/mol. The second-order valence-corrected chi connectivity index (χ2v) is 10.9. The fraction of sp³-hybridized carbons (Fsp3) is 0.424. The van der Waals surface area contributed by atoms with Crippen LogP contribution in [0.15, 0.2) is 72.8 Å². The molecule has 6 heteroatoms. The van der Waals surface area contributed by atoms with E-state index in [9.17, 15) is 4.79 Å². The Kier molecular flexibility index (Phi) is 8.66. The van der Waals surface area contributed by atoms with E-state index in [1.54, 1.807) is 24.3 Å². The third kappa shape index (κ3) is 6.70. The zero-order valence-corrected chi connectivity index (χ0v) is 22.9. The van der Waals surface area contributed by atoms with Crippen molar-refractivity contribution in [2.24, 2.45) is 10.8 Å². The van der Waals surface area contributed by atoms with Gasteiger partial charge in [0, 0.05) is 10.8 Å². The molecule has 0 aliphatic carbocycles. The molecule has 2 fully saturated rings. The van der Waals surface area contributed by atoms with Crippen molar-refractivity contribution in [1.82, 2.24) is 0 Å². The maximum absolute atomic E-state index is 12.7. The first-order chi connectivity index (χ1) is 19.0. The van der Waals surface area contributed by atoms with Gasteiger partial charge >= 0.3 is 5.97 Å². The fourth-order valence-corrected chi connectivity index (χ4v) is 4.83. The second-order valence-electron chi connectivity index (χ2n) is 10.9. The highest BCUT2D eigenvalue weighted by molar-refractivity contribution is 5.91. The molecule has 2 saturated heterocycles. The lowest BCUT2D eigenvalue weighted by atomic mass is 9.80. The van der Waals surface area contributed by atoms with Crippen molar-refractivity contribution >= 4 is 5.97 Å². The van der Waals surface area contributed by atoms with Gasteiger partial charge in [0.1, 0.15) is 11.5 Å². The van der Waals surface area contributed by atoms with Gasteiger partial charge in [0.05, 0.1) is 51.8 Å². The van der Waals surface area contributed by atoms with Crippen LogP contribution in [0.2, 0.25) is 0 Å². The summed E-state index contributed by atoms with van der Waals surface area (Å²) < 4.78 is 28.2. The van der Waals surface area contributed by atoms with Crippen molar-refractivity contribution in [3.05, 3.63) is 83.9 Å². The largest absolute Gasteiger partial charge is 0.494 e. The van der Waals surface area contributed by atoms with Crippen LogP contribution in [0.25, 0.3) is 11.1 Å². The molecule has 0 N–H and O–H groups in total. The molecule has 2 heterocycles. The number of carbonyl (C=O) groups excluding carboxylic acids is 1. The molecule has 0 atom stereocenters. The summed E-state index contributed by atoms with van der Waals surface area (Å²) in [6.45, 7) is 9.54. The molecule has 0 radical (unpaired) electrons. The molecule has 6 nitrogen and oxygen atoms in total. The first kappa shape index (κ1) is 27.4. The van der Waals surface area contributed by atoms with Crippen LogP contribution in [0.1, 0.15) is 49.0 Å². The molecule has 5 rings (SSSR count). The number of hydrogen-bond donors (Lipinski definition) is 0. The normalized spacial score (nSPS) is 17.1. The van der Waals surface area contributed by atoms with Crippen LogP contribution >= 0.6 is 0 Å². The minimum Gasteiger partial charge on any atom is -0.494 e. The molecular formula is C33H38O6. The Balaban J connectivity index is 1.08. The van der Waals surface area contributed by atoms with Gasteiger partial charge in [-0.05, 0) is 72.4 Å². The molecule has 0 saturated carbocycles. The summed E-state index contributed by atoms with van der Waals surface area (Å²) >= 11 is 0. The topological polar surface area (TPSA) is 63.2 Å². The predicted octanol–water partition coefficient (Wildman–Crippen LogP) is 6.71. The maximum Gasteiger partial charge on any atom is 0.343 e. The van der Waals surface area contributed by atoms with Crippen molar-refractivity contribution < 1.29 is 28.5 Å². The lowest BCUT2D eigenvalue weighted by molar-refractivity contribution is -0.152. The molecule has 0 bridgehead atoms. The fourth-order valence-electron chi connectivity index (χ4n) is 4.83. The molecule has 39 heavy (non-hydrogen) atoms. The molecule has 2 aliphatic heterocycles. The number of ether oxygens (including phenoxy) is 5. The lowest BCUT2D eigenvalue weighted by Crippen LogP contribution is -2.45. The summed E-state index contributed by atoms with van der Waals surface area (Å²) in [5.74, 6) is 0.988. The summed E-state index contributed by atoms with van der Waals surface area (Å²) in [5.41, 5.74) is 4.10. The van der Waals surface area contributed by atoms with Crippen LogP contribution in [-0.2, 0) is 20.8 Å². The van der Waals surface area contributed by atoms with Crippen molar-refractivity contribution in [3.63, 3.8) is 0 Å². The van der Waals surface area contributed by atoms with E-state index in [0.29, 0.717) is 36.5 Å². The monoisotopic (exact) mass is 530 g/mol. The predicted molar refractivity (Wildman–Crippen MR) is 150 cm³/mol. The minimum absolute atomic E-state index is 0.173. The Hall–Kier alpha value is -3.19. The summed E-state index contributed by atoms with van der Waals surface area (Å²) in [6, 6.07) is 23.0. The van der Waals surface area contributed by atoms with Gasteiger partial charge in [-0.2, -0.15) is 0 Å². The smallest absolute Gasteiger partial charge is 0.343 e. The first-order valence-corrected chi connectivity index (χ1v) is 13.9. The molecule has 0 unspecified atom stereocenters.